The SMILES string of the molecule is NC(Cc1c(Cl)cccc1Cl)CC1CCCCO1. The minimum atomic E-state index is 0.0468. The van der Waals surface area contributed by atoms with Crippen molar-refractivity contribution >= 4 is 23.2 Å². The Morgan fingerprint density at radius 1 is 1.28 bits per heavy atom. The molecule has 18 heavy (non-hydrogen) atoms. The molecule has 1 aromatic rings. The zero-order valence-electron chi connectivity index (χ0n) is 10.4. The van der Waals surface area contributed by atoms with E-state index >= 15 is 0 Å². The van der Waals surface area contributed by atoms with Gasteiger partial charge in [0.2, 0.25) is 0 Å². The highest BCUT2D eigenvalue weighted by Gasteiger charge is 2.19. The average molecular weight is 288 g/mol. The summed E-state index contributed by atoms with van der Waals surface area (Å²) in [5, 5.41) is 1.39. The van der Waals surface area contributed by atoms with Crippen LogP contribution in [0.4, 0.5) is 0 Å². The van der Waals surface area contributed by atoms with Crippen LogP contribution in [0.15, 0.2) is 18.2 Å². The van der Waals surface area contributed by atoms with Crippen molar-refractivity contribution in [1.29, 1.82) is 0 Å². The third-order valence-electron chi connectivity index (χ3n) is 3.37. The lowest BCUT2D eigenvalue weighted by atomic mass is 9.97. The molecule has 0 radical (unpaired) electrons. The standard InChI is InChI=1S/C14H19Cl2NO/c15-13-5-3-6-14(16)12(13)9-10(17)8-11-4-1-2-7-18-11/h3,5-6,10-11H,1-2,4,7-9,17H2. The van der Waals surface area contributed by atoms with Gasteiger partial charge in [-0.05, 0) is 49.8 Å². The van der Waals surface area contributed by atoms with E-state index in [4.69, 9.17) is 33.7 Å². The quantitative estimate of drug-likeness (QED) is 0.914. The van der Waals surface area contributed by atoms with E-state index in [2.05, 4.69) is 0 Å². The number of nitrogens with two attached hydrogens (primary N) is 1. The monoisotopic (exact) mass is 287 g/mol. The van der Waals surface area contributed by atoms with E-state index in [0.717, 1.165) is 25.0 Å². The molecule has 0 bridgehead atoms. The van der Waals surface area contributed by atoms with E-state index in [1.807, 2.05) is 18.2 Å². The Morgan fingerprint density at radius 3 is 2.61 bits per heavy atom. The van der Waals surface area contributed by atoms with Crippen molar-refractivity contribution in [2.45, 2.75) is 44.2 Å². The maximum Gasteiger partial charge on any atom is 0.0590 e. The Balaban J connectivity index is 1.92. The molecule has 1 aliphatic heterocycles. The molecule has 1 aromatic carbocycles. The molecule has 1 saturated heterocycles. The third-order valence-corrected chi connectivity index (χ3v) is 4.08. The fourth-order valence-electron chi connectivity index (χ4n) is 2.40. The highest BCUT2D eigenvalue weighted by molar-refractivity contribution is 6.35. The summed E-state index contributed by atoms with van der Waals surface area (Å²) in [7, 11) is 0. The van der Waals surface area contributed by atoms with Crippen LogP contribution in [0.3, 0.4) is 0 Å². The van der Waals surface area contributed by atoms with Gasteiger partial charge in [0.25, 0.3) is 0 Å². The predicted octanol–water partition coefficient (Wildman–Crippen LogP) is 3.82. The minimum Gasteiger partial charge on any atom is -0.378 e. The maximum atomic E-state index is 6.18. The van der Waals surface area contributed by atoms with Gasteiger partial charge in [-0.3, -0.25) is 0 Å². The van der Waals surface area contributed by atoms with Crippen LogP contribution in [0.25, 0.3) is 0 Å². The fraction of sp³-hybridized carbons (Fsp3) is 0.571. The molecule has 0 aliphatic carbocycles. The van der Waals surface area contributed by atoms with Crippen molar-refractivity contribution < 1.29 is 4.74 Å². The van der Waals surface area contributed by atoms with Crippen molar-refractivity contribution in [2.24, 2.45) is 5.73 Å². The van der Waals surface area contributed by atoms with Gasteiger partial charge >= 0.3 is 0 Å². The molecule has 1 fully saturated rings. The number of hydrogen-bond acceptors (Lipinski definition) is 2. The lowest BCUT2D eigenvalue weighted by Crippen LogP contribution is -2.31. The van der Waals surface area contributed by atoms with Crippen LogP contribution < -0.4 is 5.73 Å². The van der Waals surface area contributed by atoms with Gasteiger partial charge in [-0.15, -0.1) is 0 Å². The lowest BCUT2D eigenvalue weighted by Gasteiger charge is -2.25. The molecule has 2 nitrogen and oxygen atoms in total. The Hall–Kier alpha value is -0.280. The second-order valence-electron chi connectivity index (χ2n) is 4.89. The van der Waals surface area contributed by atoms with Gasteiger partial charge in [0.05, 0.1) is 6.10 Å². The molecule has 2 N–H and O–H groups in total. The van der Waals surface area contributed by atoms with E-state index in [0.29, 0.717) is 22.6 Å². The van der Waals surface area contributed by atoms with Crippen molar-refractivity contribution in [2.75, 3.05) is 6.61 Å². The lowest BCUT2D eigenvalue weighted by molar-refractivity contribution is 0.00747. The summed E-state index contributed by atoms with van der Waals surface area (Å²) in [5.41, 5.74) is 7.13. The van der Waals surface area contributed by atoms with Gasteiger partial charge < -0.3 is 10.5 Å². The van der Waals surface area contributed by atoms with Crippen molar-refractivity contribution in [3.8, 4) is 0 Å². The Labute approximate surface area is 118 Å². The summed E-state index contributed by atoms with van der Waals surface area (Å²) in [6.45, 7) is 0.865. The predicted molar refractivity (Wildman–Crippen MR) is 76.3 cm³/mol. The molecule has 1 aliphatic rings. The van der Waals surface area contributed by atoms with E-state index < -0.39 is 0 Å². The van der Waals surface area contributed by atoms with E-state index in [1.54, 1.807) is 0 Å². The topological polar surface area (TPSA) is 35.2 Å². The van der Waals surface area contributed by atoms with E-state index in [9.17, 15) is 0 Å². The van der Waals surface area contributed by atoms with Crippen LogP contribution in [-0.4, -0.2) is 18.8 Å². The first-order valence-corrected chi connectivity index (χ1v) is 7.22. The molecule has 0 spiro atoms. The molecule has 2 atom stereocenters. The normalized spacial score (nSPS) is 21.8. The molecule has 2 rings (SSSR count). The smallest absolute Gasteiger partial charge is 0.0590 e. The first kappa shape index (κ1) is 14.1. The van der Waals surface area contributed by atoms with E-state index in [-0.39, 0.29) is 6.04 Å². The number of benzene rings is 1. The molecule has 0 aromatic heterocycles. The van der Waals surface area contributed by atoms with Gasteiger partial charge in [0.1, 0.15) is 0 Å². The molecule has 0 saturated carbocycles. The average Bonchev–Trinajstić information content (AvgIpc) is 2.35. The Morgan fingerprint density at radius 2 is 2.00 bits per heavy atom. The van der Waals surface area contributed by atoms with Crippen LogP contribution >= 0.6 is 23.2 Å². The van der Waals surface area contributed by atoms with Gasteiger partial charge in [-0.25, -0.2) is 0 Å². The van der Waals surface area contributed by atoms with Crippen molar-refractivity contribution in [3.63, 3.8) is 0 Å². The summed E-state index contributed by atoms with van der Waals surface area (Å²) in [5.74, 6) is 0. The van der Waals surface area contributed by atoms with Crippen LogP contribution in [0, 0.1) is 0 Å². The van der Waals surface area contributed by atoms with Crippen molar-refractivity contribution in [3.05, 3.63) is 33.8 Å². The van der Waals surface area contributed by atoms with Gasteiger partial charge in [-0.2, -0.15) is 0 Å². The fourth-order valence-corrected chi connectivity index (χ4v) is 2.96. The van der Waals surface area contributed by atoms with E-state index in [1.165, 1.54) is 12.8 Å². The highest BCUT2D eigenvalue weighted by atomic mass is 35.5. The second-order valence-corrected chi connectivity index (χ2v) is 5.70. The zero-order chi connectivity index (χ0) is 13.0. The van der Waals surface area contributed by atoms with Crippen LogP contribution in [-0.2, 0) is 11.2 Å². The van der Waals surface area contributed by atoms with Crippen LogP contribution in [0.2, 0.25) is 10.0 Å². The van der Waals surface area contributed by atoms with Crippen molar-refractivity contribution in [1.82, 2.24) is 0 Å². The highest BCUT2D eigenvalue weighted by Crippen LogP contribution is 2.26. The summed E-state index contributed by atoms with van der Waals surface area (Å²) in [6.07, 6.45) is 5.41. The summed E-state index contributed by atoms with van der Waals surface area (Å²) in [6, 6.07) is 5.61. The number of hydrogen-bond donors (Lipinski definition) is 1. The summed E-state index contributed by atoms with van der Waals surface area (Å²) in [4.78, 5) is 0. The number of halogens is 2. The minimum absolute atomic E-state index is 0.0468. The van der Waals surface area contributed by atoms with Gasteiger partial charge in [0, 0.05) is 22.7 Å². The second kappa shape index (κ2) is 6.76. The Bertz CT molecular complexity index is 371. The molecule has 1 heterocycles. The number of ether oxygens (including phenoxy) is 1. The first-order valence-electron chi connectivity index (χ1n) is 6.47. The van der Waals surface area contributed by atoms with Gasteiger partial charge in [0.15, 0.2) is 0 Å². The first-order chi connectivity index (χ1) is 8.66. The van der Waals surface area contributed by atoms with Crippen LogP contribution in [0.1, 0.15) is 31.2 Å². The molecule has 100 valence electrons. The number of rotatable bonds is 4. The maximum absolute atomic E-state index is 6.18. The third kappa shape index (κ3) is 3.86. The molecule has 0 amide bonds. The molecule has 2 unspecified atom stereocenters. The Kier molecular flexibility index (Phi) is 5.31. The van der Waals surface area contributed by atoms with Gasteiger partial charge in [-0.1, -0.05) is 29.3 Å². The molecular formula is C14H19Cl2NO. The molecular weight excluding hydrogens is 269 g/mol. The largest absolute Gasteiger partial charge is 0.378 e. The molecule has 4 heteroatoms. The summed E-state index contributed by atoms with van der Waals surface area (Å²) < 4.78 is 5.70. The summed E-state index contributed by atoms with van der Waals surface area (Å²) >= 11 is 12.3. The zero-order valence-corrected chi connectivity index (χ0v) is 11.9. The van der Waals surface area contributed by atoms with Crippen LogP contribution in [0.5, 0.6) is 0 Å².